The number of hydrogen-bond donors (Lipinski definition) is 2. The van der Waals surface area contributed by atoms with E-state index in [1.165, 1.54) is 0 Å². The van der Waals surface area contributed by atoms with Gasteiger partial charge in [0, 0.05) is 31.3 Å². The van der Waals surface area contributed by atoms with Crippen LogP contribution in [-0.4, -0.2) is 22.7 Å². The maximum Gasteiger partial charge on any atom is 0.226 e. The van der Waals surface area contributed by atoms with Gasteiger partial charge in [-0.25, -0.2) is 0 Å². The quantitative estimate of drug-likeness (QED) is 0.441. The summed E-state index contributed by atoms with van der Waals surface area (Å²) in [4.78, 5) is 34.1. The van der Waals surface area contributed by atoms with Gasteiger partial charge >= 0.3 is 0 Å². The Morgan fingerprint density at radius 2 is 1.72 bits per heavy atom. The second kappa shape index (κ2) is 5.33. The number of imide groups is 1. The molecule has 0 radical (unpaired) electrons. The molecule has 2 amide bonds. The molecule has 2 aliphatic rings. The Labute approximate surface area is 105 Å². The van der Waals surface area contributed by atoms with Crippen molar-refractivity contribution in [3.8, 4) is 0 Å². The molecule has 0 spiro atoms. The van der Waals surface area contributed by atoms with E-state index in [4.69, 9.17) is 0 Å². The van der Waals surface area contributed by atoms with Gasteiger partial charge in [-0.1, -0.05) is 0 Å². The lowest BCUT2D eigenvalue weighted by atomic mass is 9.87. The van der Waals surface area contributed by atoms with Crippen molar-refractivity contribution in [3.63, 3.8) is 0 Å². The molecule has 1 aliphatic heterocycles. The van der Waals surface area contributed by atoms with E-state index in [9.17, 15) is 19.5 Å². The van der Waals surface area contributed by atoms with Gasteiger partial charge in [0.2, 0.25) is 11.8 Å². The summed E-state index contributed by atoms with van der Waals surface area (Å²) < 4.78 is 0. The molecule has 5 nitrogen and oxygen atoms in total. The fraction of sp³-hybridized carbons (Fsp3) is 0.615. The van der Waals surface area contributed by atoms with Gasteiger partial charge in [0.1, 0.15) is 0 Å². The number of nitrogens with one attached hydrogen (secondary N) is 1. The highest BCUT2D eigenvalue weighted by molar-refractivity contribution is 5.98. The molecule has 0 atom stereocenters. The Morgan fingerprint density at radius 3 is 2.33 bits per heavy atom. The highest BCUT2D eigenvalue weighted by atomic mass is 16.3. The van der Waals surface area contributed by atoms with Crippen molar-refractivity contribution in [2.24, 2.45) is 5.92 Å². The zero-order chi connectivity index (χ0) is 13.1. The molecule has 0 unspecified atom stereocenters. The summed E-state index contributed by atoms with van der Waals surface area (Å²) in [5.41, 5.74) is 0.500. The summed E-state index contributed by atoms with van der Waals surface area (Å²) in [5, 5.41) is 12.2. The molecule has 1 aliphatic carbocycles. The van der Waals surface area contributed by atoms with Gasteiger partial charge in [0.15, 0.2) is 5.78 Å². The lowest BCUT2D eigenvalue weighted by Crippen LogP contribution is -2.38. The fourth-order valence-electron chi connectivity index (χ4n) is 2.58. The first-order valence-electron chi connectivity index (χ1n) is 6.33. The average Bonchev–Trinajstić information content (AvgIpc) is 2.27. The van der Waals surface area contributed by atoms with E-state index in [2.05, 4.69) is 5.32 Å². The normalized spacial score (nSPS) is 25.0. The van der Waals surface area contributed by atoms with Gasteiger partial charge < -0.3 is 5.11 Å². The first-order chi connectivity index (χ1) is 8.56. The van der Waals surface area contributed by atoms with Crippen molar-refractivity contribution in [1.29, 1.82) is 0 Å². The zero-order valence-corrected chi connectivity index (χ0v) is 10.2. The number of ketones is 1. The number of allylic oxidation sites excluding steroid dienone is 2. The number of hydrogen-bond acceptors (Lipinski definition) is 4. The van der Waals surface area contributed by atoms with E-state index < -0.39 is 0 Å². The topological polar surface area (TPSA) is 83.5 Å². The molecule has 0 bridgehead atoms. The van der Waals surface area contributed by atoms with Crippen molar-refractivity contribution in [2.75, 3.05) is 0 Å². The van der Waals surface area contributed by atoms with E-state index >= 15 is 0 Å². The van der Waals surface area contributed by atoms with E-state index in [0.717, 1.165) is 12.8 Å². The number of aliphatic hydroxyl groups excluding tert-OH is 1. The molecule has 2 rings (SSSR count). The Bertz CT molecular complexity index is 409. The molecule has 2 N–H and O–H groups in total. The lowest BCUT2D eigenvalue weighted by molar-refractivity contribution is -0.134. The number of Topliss-reactive ketones (excluding diaryl/α,β-unsaturated/α-hetero) is 1. The maximum absolute atomic E-state index is 11.6. The minimum Gasteiger partial charge on any atom is -0.512 e. The smallest absolute Gasteiger partial charge is 0.226 e. The predicted molar refractivity (Wildman–Crippen MR) is 63.6 cm³/mol. The lowest BCUT2D eigenvalue weighted by Gasteiger charge is -2.22. The summed E-state index contributed by atoms with van der Waals surface area (Å²) in [6, 6.07) is 0. The van der Waals surface area contributed by atoms with Crippen LogP contribution in [0, 0.1) is 5.92 Å². The monoisotopic (exact) mass is 251 g/mol. The number of aliphatic hydroxyl groups is 1. The average molecular weight is 251 g/mol. The van der Waals surface area contributed by atoms with E-state index in [0.29, 0.717) is 18.4 Å². The minimum absolute atomic E-state index is 0.00494. The molecule has 98 valence electrons. The van der Waals surface area contributed by atoms with Crippen LogP contribution in [0.25, 0.3) is 0 Å². The third-order valence-electron chi connectivity index (χ3n) is 3.47. The Kier molecular flexibility index (Phi) is 3.79. The van der Waals surface area contributed by atoms with Crippen LogP contribution < -0.4 is 5.32 Å². The number of amides is 2. The second-order valence-electron chi connectivity index (χ2n) is 5.01. The first-order valence-corrected chi connectivity index (χ1v) is 6.33. The molecular weight excluding hydrogens is 234 g/mol. The molecule has 0 aromatic carbocycles. The molecule has 1 saturated carbocycles. The number of rotatable bonds is 2. The van der Waals surface area contributed by atoms with Crippen LogP contribution >= 0.6 is 0 Å². The van der Waals surface area contributed by atoms with Crippen LogP contribution in [0.15, 0.2) is 11.3 Å². The van der Waals surface area contributed by atoms with Crippen molar-refractivity contribution < 1.29 is 19.5 Å². The van der Waals surface area contributed by atoms with Crippen LogP contribution in [-0.2, 0) is 14.4 Å². The maximum atomic E-state index is 11.6. The molecule has 0 aromatic heterocycles. The van der Waals surface area contributed by atoms with Crippen LogP contribution in [0.2, 0.25) is 0 Å². The summed E-state index contributed by atoms with van der Waals surface area (Å²) in [6.45, 7) is 0. The summed E-state index contributed by atoms with van der Waals surface area (Å²) >= 11 is 0. The van der Waals surface area contributed by atoms with Gasteiger partial charge in [-0.3, -0.25) is 19.7 Å². The molecule has 1 saturated heterocycles. The first kappa shape index (κ1) is 12.8. The van der Waals surface area contributed by atoms with E-state index in [-0.39, 0.29) is 48.5 Å². The van der Waals surface area contributed by atoms with E-state index in [1.807, 2.05) is 0 Å². The largest absolute Gasteiger partial charge is 0.512 e. The zero-order valence-electron chi connectivity index (χ0n) is 10.2. The SMILES string of the molecule is O=C1CC(C/C(O)=C2\CCCCC2=O)CC(=O)N1. The van der Waals surface area contributed by atoms with Crippen molar-refractivity contribution in [3.05, 3.63) is 11.3 Å². The minimum atomic E-state index is -0.302. The highest BCUT2D eigenvalue weighted by Gasteiger charge is 2.27. The second-order valence-corrected chi connectivity index (χ2v) is 5.01. The Balaban J connectivity index is 2.03. The van der Waals surface area contributed by atoms with Crippen LogP contribution in [0.1, 0.15) is 44.9 Å². The molecule has 2 fully saturated rings. The van der Waals surface area contributed by atoms with Crippen LogP contribution in [0.4, 0.5) is 0 Å². The standard InChI is InChI=1S/C13H17NO4/c15-10-4-2-1-3-9(10)11(16)5-8-6-12(17)14-13(18)7-8/h8,16H,1-7H2,(H,14,17,18)/b11-9-. The summed E-state index contributed by atoms with van der Waals surface area (Å²) in [6.07, 6.45) is 3.60. The molecular formula is C13H17NO4. The highest BCUT2D eigenvalue weighted by Crippen LogP contribution is 2.27. The van der Waals surface area contributed by atoms with Crippen molar-refractivity contribution >= 4 is 17.6 Å². The number of piperidine rings is 1. The molecule has 5 heteroatoms. The van der Waals surface area contributed by atoms with Gasteiger partial charge in [-0.15, -0.1) is 0 Å². The van der Waals surface area contributed by atoms with Crippen LogP contribution in [0.5, 0.6) is 0 Å². The predicted octanol–water partition coefficient (Wildman–Crippen LogP) is 1.38. The number of carbonyl (C=O) groups excluding carboxylic acids is 3. The third-order valence-corrected chi connectivity index (χ3v) is 3.47. The third kappa shape index (κ3) is 2.97. The Hall–Kier alpha value is -1.65. The summed E-state index contributed by atoms with van der Waals surface area (Å²) in [5.74, 6) is -0.709. The van der Waals surface area contributed by atoms with Crippen molar-refractivity contribution in [2.45, 2.75) is 44.9 Å². The Morgan fingerprint density at radius 1 is 1.11 bits per heavy atom. The van der Waals surface area contributed by atoms with Gasteiger partial charge in [0.05, 0.1) is 5.76 Å². The van der Waals surface area contributed by atoms with Gasteiger partial charge in [-0.2, -0.15) is 0 Å². The van der Waals surface area contributed by atoms with Gasteiger partial charge in [-0.05, 0) is 25.2 Å². The number of carbonyl (C=O) groups is 3. The molecule has 1 heterocycles. The summed E-state index contributed by atoms with van der Waals surface area (Å²) in [7, 11) is 0. The molecule has 18 heavy (non-hydrogen) atoms. The van der Waals surface area contributed by atoms with E-state index in [1.54, 1.807) is 0 Å². The fourth-order valence-corrected chi connectivity index (χ4v) is 2.58. The molecule has 0 aromatic rings. The van der Waals surface area contributed by atoms with Gasteiger partial charge in [0.25, 0.3) is 0 Å². The van der Waals surface area contributed by atoms with Crippen molar-refractivity contribution in [1.82, 2.24) is 5.32 Å². The van der Waals surface area contributed by atoms with Crippen LogP contribution in [0.3, 0.4) is 0 Å².